The van der Waals surface area contributed by atoms with Crippen LogP contribution in [0.5, 0.6) is 0 Å². The van der Waals surface area contributed by atoms with Crippen molar-refractivity contribution in [3.05, 3.63) is 42.4 Å². The third-order valence-electron chi connectivity index (χ3n) is 4.85. The van der Waals surface area contributed by atoms with Gasteiger partial charge in [0.2, 0.25) is 0 Å². The van der Waals surface area contributed by atoms with Crippen LogP contribution in [-0.4, -0.2) is 58.5 Å². The Labute approximate surface area is 160 Å². The second kappa shape index (κ2) is 8.39. The predicted octanol–water partition coefficient (Wildman–Crippen LogP) is 1.43. The van der Waals surface area contributed by atoms with Crippen molar-refractivity contribution in [1.29, 1.82) is 0 Å². The first kappa shape index (κ1) is 17.8. The van der Waals surface area contributed by atoms with E-state index in [-0.39, 0.29) is 0 Å². The number of pyridine rings is 1. The van der Waals surface area contributed by atoms with Crippen LogP contribution in [0.1, 0.15) is 24.8 Å². The van der Waals surface area contributed by atoms with E-state index in [9.17, 15) is 0 Å². The summed E-state index contributed by atoms with van der Waals surface area (Å²) in [4.78, 5) is 11.3. The van der Waals surface area contributed by atoms with Crippen molar-refractivity contribution < 1.29 is 0 Å². The van der Waals surface area contributed by atoms with Crippen LogP contribution < -0.4 is 16.1 Å². The molecule has 7 nitrogen and oxygen atoms in total. The molecule has 0 aliphatic carbocycles. The van der Waals surface area contributed by atoms with E-state index < -0.39 is 0 Å². The van der Waals surface area contributed by atoms with E-state index in [0.29, 0.717) is 17.7 Å². The Morgan fingerprint density at radius 2 is 2.04 bits per heavy atom. The summed E-state index contributed by atoms with van der Waals surface area (Å²) in [5, 5.41) is 11.2. The Bertz CT molecular complexity index is 874. The van der Waals surface area contributed by atoms with Gasteiger partial charge in [-0.25, -0.2) is 4.98 Å². The fourth-order valence-corrected chi connectivity index (χ4v) is 3.42. The minimum absolute atomic E-state index is 0.570. The number of hydrogen-bond acceptors (Lipinski definition) is 6. The van der Waals surface area contributed by atoms with Gasteiger partial charge >= 0.3 is 0 Å². The number of nitrogens with one attached hydrogen (secondary N) is 2. The molecule has 1 aliphatic rings. The predicted molar refractivity (Wildman–Crippen MR) is 109 cm³/mol. The van der Waals surface area contributed by atoms with Crippen molar-refractivity contribution >= 4 is 30.6 Å². The number of rotatable bonds is 8. The van der Waals surface area contributed by atoms with Crippen molar-refractivity contribution in [3.8, 4) is 0 Å². The SMILES string of the molecule is [B]c1cnn2c(NCc3cccnc3)cc(NCCCN3CCCC3)nc12. The van der Waals surface area contributed by atoms with Gasteiger partial charge in [-0.3, -0.25) is 4.98 Å². The van der Waals surface area contributed by atoms with Crippen LogP contribution in [0.4, 0.5) is 11.6 Å². The van der Waals surface area contributed by atoms with Crippen LogP contribution in [0.25, 0.3) is 5.65 Å². The molecule has 0 spiro atoms. The number of anilines is 2. The maximum Gasteiger partial charge on any atom is 0.152 e. The molecule has 1 fully saturated rings. The van der Waals surface area contributed by atoms with Crippen molar-refractivity contribution in [2.45, 2.75) is 25.8 Å². The fraction of sp³-hybridized carbons (Fsp3) is 0.421. The lowest BCUT2D eigenvalue weighted by Gasteiger charge is -2.15. The second-order valence-electron chi connectivity index (χ2n) is 6.91. The van der Waals surface area contributed by atoms with Gasteiger partial charge in [-0.15, -0.1) is 0 Å². The molecule has 27 heavy (non-hydrogen) atoms. The first-order valence-electron chi connectivity index (χ1n) is 9.53. The number of aromatic nitrogens is 4. The first-order chi connectivity index (χ1) is 13.3. The van der Waals surface area contributed by atoms with Gasteiger partial charge in [0.15, 0.2) is 5.65 Å². The molecular weight excluding hydrogens is 337 g/mol. The zero-order valence-corrected chi connectivity index (χ0v) is 15.4. The molecule has 1 aliphatic heterocycles. The first-order valence-corrected chi connectivity index (χ1v) is 9.53. The number of nitrogens with zero attached hydrogens (tertiary/aromatic N) is 5. The Kier molecular flexibility index (Phi) is 5.53. The molecule has 0 amide bonds. The van der Waals surface area contributed by atoms with Crippen LogP contribution in [-0.2, 0) is 6.54 Å². The topological polar surface area (TPSA) is 70.4 Å². The lowest BCUT2D eigenvalue weighted by molar-refractivity contribution is 0.337. The number of likely N-dealkylation sites (tertiary alicyclic amines) is 1. The summed E-state index contributed by atoms with van der Waals surface area (Å²) in [6, 6.07) is 5.94. The molecule has 1 saturated heterocycles. The van der Waals surface area contributed by atoms with Crippen molar-refractivity contribution in [2.75, 3.05) is 36.8 Å². The van der Waals surface area contributed by atoms with Crippen LogP contribution >= 0.6 is 0 Å². The average molecular weight is 361 g/mol. The Hall–Kier alpha value is -2.61. The molecule has 2 radical (unpaired) electrons. The molecule has 8 heteroatoms. The molecule has 4 rings (SSSR count). The van der Waals surface area contributed by atoms with Gasteiger partial charge in [-0.05, 0) is 56.0 Å². The van der Waals surface area contributed by atoms with Gasteiger partial charge in [0.25, 0.3) is 0 Å². The Balaban J connectivity index is 1.43. The summed E-state index contributed by atoms with van der Waals surface area (Å²) in [7, 11) is 6.04. The highest BCUT2D eigenvalue weighted by Crippen LogP contribution is 2.16. The van der Waals surface area contributed by atoms with Crippen molar-refractivity contribution in [2.24, 2.45) is 0 Å². The standard InChI is InChI=1S/C19H24BN7/c20-16-14-24-27-18(23-13-15-5-3-6-21-12-15)11-17(25-19(16)27)22-7-4-10-26-8-1-2-9-26/h3,5-6,11-12,14,23H,1-2,4,7-10,13H2,(H,22,25). The quantitative estimate of drug-likeness (QED) is 0.467. The maximum absolute atomic E-state index is 6.04. The van der Waals surface area contributed by atoms with Crippen LogP contribution in [0.3, 0.4) is 0 Å². The van der Waals surface area contributed by atoms with E-state index in [1.54, 1.807) is 16.9 Å². The molecule has 3 aromatic rings. The van der Waals surface area contributed by atoms with Gasteiger partial charge in [-0.2, -0.15) is 9.61 Å². The molecule has 3 aromatic heterocycles. The van der Waals surface area contributed by atoms with Crippen molar-refractivity contribution in [1.82, 2.24) is 24.5 Å². The molecule has 0 bridgehead atoms. The average Bonchev–Trinajstić information content (AvgIpc) is 3.35. The van der Waals surface area contributed by atoms with Gasteiger partial charge in [0.1, 0.15) is 19.5 Å². The summed E-state index contributed by atoms with van der Waals surface area (Å²) < 4.78 is 1.74. The molecule has 138 valence electrons. The van der Waals surface area contributed by atoms with Crippen LogP contribution in [0, 0.1) is 0 Å². The minimum atomic E-state index is 0.570. The summed E-state index contributed by atoms with van der Waals surface area (Å²) in [6.45, 7) is 5.14. The van der Waals surface area contributed by atoms with E-state index in [1.807, 2.05) is 24.4 Å². The molecule has 0 unspecified atom stereocenters. The molecule has 2 N–H and O–H groups in total. The third kappa shape index (κ3) is 4.39. The molecule has 0 saturated carbocycles. The zero-order chi connectivity index (χ0) is 18.5. The lowest BCUT2D eigenvalue weighted by atomic mass is 10.0. The summed E-state index contributed by atoms with van der Waals surface area (Å²) in [6.07, 6.45) is 9.01. The van der Waals surface area contributed by atoms with Gasteiger partial charge in [0, 0.05) is 37.7 Å². The highest BCUT2D eigenvalue weighted by atomic mass is 15.3. The van der Waals surface area contributed by atoms with Gasteiger partial charge < -0.3 is 15.5 Å². The van der Waals surface area contributed by atoms with Crippen LogP contribution in [0.15, 0.2) is 36.8 Å². The maximum atomic E-state index is 6.04. The third-order valence-corrected chi connectivity index (χ3v) is 4.85. The van der Waals surface area contributed by atoms with E-state index in [4.69, 9.17) is 7.85 Å². The second-order valence-corrected chi connectivity index (χ2v) is 6.91. The summed E-state index contributed by atoms with van der Waals surface area (Å²) in [5.74, 6) is 1.66. The van der Waals surface area contributed by atoms with Gasteiger partial charge in [-0.1, -0.05) is 6.07 Å². The van der Waals surface area contributed by atoms with E-state index in [2.05, 4.69) is 30.6 Å². The largest absolute Gasteiger partial charge is 0.370 e. The summed E-state index contributed by atoms with van der Waals surface area (Å²) in [5.41, 5.74) is 2.33. The summed E-state index contributed by atoms with van der Waals surface area (Å²) >= 11 is 0. The van der Waals surface area contributed by atoms with E-state index in [0.717, 1.165) is 36.7 Å². The lowest BCUT2D eigenvalue weighted by Crippen LogP contribution is -2.22. The fourth-order valence-electron chi connectivity index (χ4n) is 3.42. The Morgan fingerprint density at radius 3 is 2.85 bits per heavy atom. The minimum Gasteiger partial charge on any atom is -0.370 e. The molecule has 0 atom stereocenters. The highest BCUT2D eigenvalue weighted by Gasteiger charge is 2.11. The number of fused-ring (bicyclic) bond motifs is 1. The number of hydrogen-bond donors (Lipinski definition) is 2. The molecule has 0 aromatic carbocycles. The monoisotopic (exact) mass is 361 g/mol. The Morgan fingerprint density at radius 1 is 1.15 bits per heavy atom. The molecular formula is C19H24BN7. The van der Waals surface area contributed by atoms with Crippen molar-refractivity contribution in [3.63, 3.8) is 0 Å². The molecule has 4 heterocycles. The van der Waals surface area contributed by atoms with E-state index in [1.165, 1.54) is 25.9 Å². The zero-order valence-electron chi connectivity index (χ0n) is 15.4. The smallest absolute Gasteiger partial charge is 0.152 e. The van der Waals surface area contributed by atoms with Crippen LogP contribution in [0.2, 0.25) is 0 Å². The van der Waals surface area contributed by atoms with E-state index >= 15 is 0 Å². The highest BCUT2D eigenvalue weighted by molar-refractivity contribution is 6.36. The normalized spacial score (nSPS) is 14.7. The van der Waals surface area contributed by atoms with Gasteiger partial charge in [0.05, 0.1) is 0 Å².